The van der Waals surface area contributed by atoms with Gasteiger partial charge in [-0.15, -0.1) is 0 Å². The number of hydrogen-bond acceptors (Lipinski definition) is 5. The number of aliphatic carboxylic acids is 1. The van der Waals surface area contributed by atoms with Crippen molar-refractivity contribution in [3.8, 4) is 11.5 Å². The van der Waals surface area contributed by atoms with Crippen molar-refractivity contribution in [2.24, 2.45) is 0 Å². The van der Waals surface area contributed by atoms with E-state index in [1.54, 1.807) is 32.9 Å². The van der Waals surface area contributed by atoms with Crippen LogP contribution in [0.25, 0.3) is 0 Å². The molecule has 1 unspecified atom stereocenters. The predicted octanol–water partition coefficient (Wildman–Crippen LogP) is 2.38. The standard InChI is InChI=1S/C17H21NO6/c1-17(2,3)24-16(21)18-7-6-11-10(13(18)15(19)20)4-5-12-14(11)23-9-8-22-12/h4-5,13H,6-9H2,1-3H3,(H,19,20). The maximum Gasteiger partial charge on any atom is 0.411 e. The SMILES string of the molecule is CC(C)(C)OC(=O)N1CCc2c(ccc3c2OCCO3)C1C(=O)O. The van der Waals surface area contributed by atoms with E-state index in [0.717, 1.165) is 5.56 Å². The topological polar surface area (TPSA) is 85.3 Å². The summed E-state index contributed by atoms with van der Waals surface area (Å²) in [6, 6.07) is 2.29. The van der Waals surface area contributed by atoms with E-state index in [-0.39, 0.29) is 6.54 Å². The van der Waals surface area contributed by atoms with Gasteiger partial charge in [0.05, 0.1) is 0 Å². The van der Waals surface area contributed by atoms with Crippen molar-refractivity contribution >= 4 is 12.1 Å². The van der Waals surface area contributed by atoms with Gasteiger partial charge in [0.2, 0.25) is 0 Å². The van der Waals surface area contributed by atoms with Crippen molar-refractivity contribution in [2.45, 2.75) is 38.8 Å². The Morgan fingerprint density at radius 2 is 1.96 bits per heavy atom. The number of ether oxygens (including phenoxy) is 3. The molecule has 2 aliphatic rings. The summed E-state index contributed by atoms with van der Waals surface area (Å²) in [6.45, 7) is 6.40. The van der Waals surface area contributed by atoms with Gasteiger partial charge in [-0.25, -0.2) is 9.59 Å². The van der Waals surface area contributed by atoms with E-state index in [0.29, 0.717) is 36.7 Å². The molecule has 0 spiro atoms. The minimum absolute atomic E-state index is 0.249. The maximum absolute atomic E-state index is 12.4. The lowest BCUT2D eigenvalue weighted by atomic mass is 9.91. The number of fused-ring (bicyclic) bond motifs is 3. The van der Waals surface area contributed by atoms with Gasteiger partial charge in [-0.3, -0.25) is 4.90 Å². The molecule has 130 valence electrons. The highest BCUT2D eigenvalue weighted by atomic mass is 16.6. The van der Waals surface area contributed by atoms with E-state index in [1.165, 1.54) is 4.90 Å². The van der Waals surface area contributed by atoms with Crippen LogP contribution in [-0.4, -0.2) is 47.4 Å². The second-order valence-corrected chi connectivity index (χ2v) is 6.82. The highest BCUT2D eigenvalue weighted by Crippen LogP contribution is 2.42. The number of carbonyl (C=O) groups is 2. The number of benzene rings is 1. The number of hydrogen-bond donors (Lipinski definition) is 1. The summed E-state index contributed by atoms with van der Waals surface area (Å²) in [7, 11) is 0. The highest BCUT2D eigenvalue weighted by molar-refractivity contribution is 5.83. The molecule has 0 saturated heterocycles. The number of rotatable bonds is 1. The van der Waals surface area contributed by atoms with E-state index in [2.05, 4.69) is 0 Å². The average molecular weight is 335 g/mol. The van der Waals surface area contributed by atoms with Crippen LogP contribution in [0.2, 0.25) is 0 Å². The van der Waals surface area contributed by atoms with Crippen LogP contribution in [0.1, 0.15) is 37.9 Å². The molecule has 1 aromatic rings. The fraction of sp³-hybridized carbons (Fsp3) is 0.529. The number of carboxylic acids is 1. The fourth-order valence-corrected chi connectivity index (χ4v) is 3.02. The smallest absolute Gasteiger partial charge is 0.411 e. The highest BCUT2D eigenvalue weighted by Gasteiger charge is 2.40. The Morgan fingerprint density at radius 3 is 2.62 bits per heavy atom. The van der Waals surface area contributed by atoms with E-state index >= 15 is 0 Å². The fourth-order valence-electron chi connectivity index (χ4n) is 3.02. The van der Waals surface area contributed by atoms with Crippen molar-refractivity contribution in [2.75, 3.05) is 19.8 Å². The number of carboxylic acid groups (broad SMARTS) is 1. The molecule has 1 aromatic carbocycles. The zero-order valence-electron chi connectivity index (χ0n) is 14.0. The van der Waals surface area contributed by atoms with Crippen LogP contribution in [-0.2, 0) is 16.0 Å². The first kappa shape index (κ1) is 16.4. The van der Waals surface area contributed by atoms with E-state index < -0.39 is 23.7 Å². The molecule has 7 heteroatoms. The minimum atomic E-state index is -1.10. The van der Waals surface area contributed by atoms with Crippen molar-refractivity contribution in [1.29, 1.82) is 0 Å². The van der Waals surface area contributed by atoms with Gasteiger partial charge in [0, 0.05) is 12.1 Å². The van der Waals surface area contributed by atoms with Gasteiger partial charge in [0.15, 0.2) is 17.5 Å². The lowest BCUT2D eigenvalue weighted by Crippen LogP contribution is -2.46. The van der Waals surface area contributed by atoms with Crippen LogP contribution in [0.15, 0.2) is 12.1 Å². The van der Waals surface area contributed by atoms with Gasteiger partial charge >= 0.3 is 12.1 Å². The molecule has 1 atom stereocenters. The number of nitrogens with zero attached hydrogens (tertiary/aromatic N) is 1. The summed E-state index contributed by atoms with van der Waals surface area (Å²) in [5.41, 5.74) is 0.649. The summed E-state index contributed by atoms with van der Waals surface area (Å²) in [5, 5.41) is 9.69. The Morgan fingerprint density at radius 1 is 1.25 bits per heavy atom. The summed E-state index contributed by atoms with van der Waals surface area (Å²) >= 11 is 0. The van der Waals surface area contributed by atoms with Crippen LogP contribution in [0.3, 0.4) is 0 Å². The summed E-state index contributed by atoms with van der Waals surface area (Å²) < 4.78 is 16.6. The second-order valence-electron chi connectivity index (χ2n) is 6.82. The molecule has 2 heterocycles. The van der Waals surface area contributed by atoms with E-state index in [1.807, 2.05) is 0 Å². The summed E-state index contributed by atoms with van der Waals surface area (Å²) in [6.07, 6.45) is -0.138. The van der Waals surface area contributed by atoms with Gasteiger partial charge in [0.25, 0.3) is 0 Å². The summed E-state index contributed by atoms with van der Waals surface area (Å²) in [4.78, 5) is 25.5. The average Bonchev–Trinajstić information content (AvgIpc) is 2.51. The Labute approximate surface area is 140 Å². The van der Waals surface area contributed by atoms with Gasteiger partial charge in [0.1, 0.15) is 18.8 Å². The Kier molecular flexibility index (Phi) is 4.03. The van der Waals surface area contributed by atoms with Gasteiger partial charge in [-0.05, 0) is 38.8 Å². The van der Waals surface area contributed by atoms with Crippen LogP contribution >= 0.6 is 0 Å². The zero-order chi connectivity index (χ0) is 17.5. The number of amides is 1. The maximum atomic E-state index is 12.4. The molecule has 3 rings (SSSR count). The Balaban J connectivity index is 1.98. The summed E-state index contributed by atoms with van der Waals surface area (Å²) in [5.74, 6) is 0.113. The van der Waals surface area contributed by atoms with Crippen molar-refractivity contribution in [1.82, 2.24) is 4.90 Å². The Hall–Kier alpha value is -2.44. The van der Waals surface area contributed by atoms with Gasteiger partial charge in [-0.2, -0.15) is 0 Å². The molecule has 1 N–H and O–H groups in total. The minimum Gasteiger partial charge on any atom is -0.486 e. The second kappa shape index (κ2) is 5.89. The molecular weight excluding hydrogens is 314 g/mol. The molecule has 0 aromatic heterocycles. The molecule has 0 fully saturated rings. The molecule has 0 aliphatic carbocycles. The molecule has 24 heavy (non-hydrogen) atoms. The third-order valence-electron chi connectivity index (χ3n) is 3.92. The molecule has 0 bridgehead atoms. The van der Waals surface area contributed by atoms with Gasteiger partial charge in [-0.1, -0.05) is 6.07 Å². The monoisotopic (exact) mass is 335 g/mol. The third kappa shape index (κ3) is 2.98. The van der Waals surface area contributed by atoms with Crippen LogP contribution in [0.5, 0.6) is 11.5 Å². The molecule has 2 aliphatic heterocycles. The normalized spacial score (nSPS) is 19.5. The lowest BCUT2D eigenvalue weighted by Gasteiger charge is -2.37. The first-order valence-electron chi connectivity index (χ1n) is 7.92. The van der Waals surface area contributed by atoms with Gasteiger partial charge < -0.3 is 19.3 Å². The van der Waals surface area contributed by atoms with Crippen molar-refractivity contribution < 1.29 is 28.9 Å². The largest absolute Gasteiger partial charge is 0.486 e. The quantitative estimate of drug-likeness (QED) is 0.848. The first-order chi connectivity index (χ1) is 11.3. The van der Waals surface area contributed by atoms with Crippen LogP contribution in [0.4, 0.5) is 4.79 Å². The van der Waals surface area contributed by atoms with Crippen molar-refractivity contribution in [3.63, 3.8) is 0 Å². The van der Waals surface area contributed by atoms with Crippen LogP contribution < -0.4 is 9.47 Å². The first-order valence-corrected chi connectivity index (χ1v) is 7.92. The van der Waals surface area contributed by atoms with Crippen molar-refractivity contribution in [3.05, 3.63) is 23.3 Å². The lowest BCUT2D eigenvalue weighted by molar-refractivity contribution is -0.143. The molecule has 7 nitrogen and oxygen atoms in total. The molecular formula is C17H21NO6. The molecule has 0 radical (unpaired) electrons. The number of carbonyl (C=O) groups excluding carboxylic acids is 1. The molecule has 1 amide bonds. The van der Waals surface area contributed by atoms with E-state index in [4.69, 9.17) is 14.2 Å². The predicted molar refractivity (Wildman–Crippen MR) is 84.5 cm³/mol. The Bertz CT molecular complexity index is 678. The van der Waals surface area contributed by atoms with Crippen LogP contribution in [0, 0.1) is 0 Å². The van der Waals surface area contributed by atoms with E-state index in [9.17, 15) is 14.7 Å². The zero-order valence-corrected chi connectivity index (χ0v) is 14.0. The molecule has 0 saturated carbocycles. The third-order valence-corrected chi connectivity index (χ3v) is 3.92.